The number of ether oxygens (including phenoxy) is 1. The highest BCUT2D eigenvalue weighted by molar-refractivity contribution is 5.86. The molecule has 0 aliphatic heterocycles. The van der Waals surface area contributed by atoms with E-state index in [4.69, 9.17) is 9.15 Å². The number of carbonyl (C=O) groups excluding carboxylic acids is 2. The van der Waals surface area contributed by atoms with Crippen LogP contribution in [0.3, 0.4) is 0 Å². The fourth-order valence-electron chi connectivity index (χ4n) is 2.64. The van der Waals surface area contributed by atoms with Crippen LogP contribution in [0.15, 0.2) is 33.5 Å². The van der Waals surface area contributed by atoms with Crippen molar-refractivity contribution in [2.45, 2.75) is 40.2 Å². The molecule has 2 rings (SSSR count). The van der Waals surface area contributed by atoms with Gasteiger partial charge >= 0.3 is 5.63 Å². The topological polar surface area (TPSA) is 88.9 Å². The van der Waals surface area contributed by atoms with Gasteiger partial charge in [-0.15, -0.1) is 0 Å². The molecule has 1 aromatic heterocycles. The minimum atomic E-state index is -0.435. The number of fused-ring (bicyclic) bond motifs is 1. The van der Waals surface area contributed by atoms with Crippen LogP contribution < -0.4 is 15.7 Å². The molecule has 27 heavy (non-hydrogen) atoms. The van der Waals surface area contributed by atoms with Crippen LogP contribution in [0, 0.1) is 6.92 Å². The smallest absolute Gasteiger partial charge is 0.336 e. The zero-order valence-electron chi connectivity index (χ0n) is 16.4. The minimum Gasteiger partial charge on any atom is -0.484 e. The quantitative estimate of drug-likeness (QED) is 0.784. The normalized spacial score (nSPS) is 11.3. The van der Waals surface area contributed by atoms with Crippen LogP contribution in [0.4, 0.5) is 0 Å². The van der Waals surface area contributed by atoms with Crippen molar-refractivity contribution < 1.29 is 18.7 Å². The van der Waals surface area contributed by atoms with Crippen molar-refractivity contribution in [1.29, 1.82) is 0 Å². The van der Waals surface area contributed by atoms with Crippen molar-refractivity contribution in [3.8, 4) is 5.75 Å². The van der Waals surface area contributed by atoms with Crippen molar-refractivity contribution >= 4 is 22.8 Å². The Labute approximate surface area is 158 Å². The maximum absolute atomic E-state index is 12.4. The van der Waals surface area contributed by atoms with E-state index in [1.807, 2.05) is 27.7 Å². The van der Waals surface area contributed by atoms with Crippen molar-refractivity contribution in [2.75, 3.05) is 19.7 Å². The second-order valence-corrected chi connectivity index (χ2v) is 7.40. The molecule has 146 valence electrons. The van der Waals surface area contributed by atoms with Gasteiger partial charge < -0.3 is 19.4 Å². The number of carbonyl (C=O) groups is 2. The van der Waals surface area contributed by atoms with E-state index in [1.54, 1.807) is 25.1 Å². The molecule has 2 aromatic rings. The van der Waals surface area contributed by atoms with E-state index in [0.29, 0.717) is 17.9 Å². The number of likely N-dealkylation sites (N-methyl/N-ethyl adjacent to an activating group) is 1. The monoisotopic (exact) mass is 374 g/mol. The first kappa shape index (κ1) is 20.5. The van der Waals surface area contributed by atoms with E-state index in [1.165, 1.54) is 11.0 Å². The van der Waals surface area contributed by atoms with Gasteiger partial charge in [-0.2, -0.15) is 0 Å². The molecule has 0 saturated heterocycles. The summed E-state index contributed by atoms with van der Waals surface area (Å²) < 4.78 is 10.7. The molecule has 2 amide bonds. The molecule has 7 heteroatoms. The van der Waals surface area contributed by atoms with Gasteiger partial charge in [0.15, 0.2) is 6.61 Å². The van der Waals surface area contributed by atoms with Gasteiger partial charge in [0.25, 0.3) is 5.91 Å². The fraction of sp³-hybridized carbons (Fsp3) is 0.450. The van der Waals surface area contributed by atoms with Gasteiger partial charge in [0.2, 0.25) is 5.91 Å². The Morgan fingerprint density at radius 2 is 1.93 bits per heavy atom. The first-order valence-corrected chi connectivity index (χ1v) is 8.85. The van der Waals surface area contributed by atoms with Crippen molar-refractivity contribution in [3.63, 3.8) is 0 Å². The fourth-order valence-corrected chi connectivity index (χ4v) is 2.64. The third kappa shape index (κ3) is 5.84. The van der Waals surface area contributed by atoms with Crippen LogP contribution in [0.25, 0.3) is 11.0 Å². The summed E-state index contributed by atoms with van der Waals surface area (Å²) in [5, 5.41) is 3.64. The largest absolute Gasteiger partial charge is 0.484 e. The van der Waals surface area contributed by atoms with Gasteiger partial charge in [-0.05, 0) is 52.3 Å². The number of benzene rings is 1. The molecule has 1 heterocycles. The highest BCUT2D eigenvalue weighted by Crippen LogP contribution is 2.22. The first-order chi connectivity index (χ1) is 12.6. The lowest BCUT2D eigenvalue weighted by Crippen LogP contribution is -2.48. The Balaban J connectivity index is 2.02. The predicted molar refractivity (Wildman–Crippen MR) is 103 cm³/mol. The van der Waals surface area contributed by atoms with E-state index in [0.717, 1.165) is 10.9 Å². The summed E-state index contributed by atoms with van der Waals surface area (Å²) in [4.78, 5) is 37.3. The van der Waals surface area contributed by atoms with Gasteiger partial charge in [-0.3, -0.25) is 9.59 Å². The lowest BCUT2D eigenvalue weighted by atomic mass is 10.1. The summed E-state index contributed by atoms with van der Waals surface area (Å²) in [6, 6.07) is 6.50. The molecule has 0 aliphatic rings. The highest BCUT2D eigenvalue weighted by Gasteiger charge is 2.19. The Bertz CT molecular complexity index is 895. The van der Waals surface area contributed by atoms with Crippen LogP contribution >= 0.6 is 0 Å². The maximum Gasteiger partial charge on any atom is 0.336 e. The molecule has 0 spiro atoms. The van der Waals surface area contributed by atoms with Gasteiger partial charge in [-0.1, -0.05) is 0 Å². The van der Waals surface area contributed by atoms with E-state index in [9.17, 15) is 14.4 Å². The van der Waals surface area contributed by atoms with Gasteiger partial charge in [0.05, 0.1) is 6.54 Å². The van der Waals surface area contributed by atoms with Crippen LogP contribution in [0.2, 0.25) is 0 Å². The first-order valence-electron chi connectivity index (χ1n) is 8.85. The van der Waals surface area contributed by atoms with Crippen LogP contribution in [0.1, 0.15) is 33.3 Å². The Kier molecular flexibility index (Phi) is 6.25. The zero-order valence-corrected chi connectivity index (χ0v) is 16.4. The summed E-state index contributed by atoms with van der Waals surface area (Å²) in [7, 11) is 0. The molecule has 0 radical (unpaired) electrons. The maximum atomic E-state index is 12.4. The lowest BCUT2D eigenvalue weighted by Gasteiger charge is -2.25. The van der Waals surface area contributed by atoms with Gasteiger partial charge in [0.1, 0.15) is 11.3 Å². The average molecular weight is 374 g/mol. The molecule has 1 aromatic carbocycles. The molecule has 0 atom stereocenters. The SMILES string of the molecule is CCN(CC(=O)NC(C)(C)C)C(=O)COc1ccc2c(C)cc(=O)oc2c1. The standard InChI is InChI=1S/C20H26N2O5/c1-6-22(11-17(23)21-20(3,4)5)18(24)12-26-14-7-8-15-13(2)9-19(25)27-16(15)10-14/h7-10H,6,11-12H2,1-5H3,(H,21,23). The number of hydrogen-bond donors (Lipinski definition) is 1. The lowest BCUT2D eigenvalue weighted by molar-refractivity contribution is -0.137. The average Bonchev–Trinajstić information content (AvgIpc) is 2.55. The van der Waals surface area contributed by atoms with E-state index >= 15 is 0 Å². The third-order valence-electron chi connectivity index (χ3n) is 3.87. The summed E-state index contributed by atoms with van der Waals surface area (Å²) in [6.45, 7) is 9.43. The Hall–Kier alpha value is -2.83. The molecule has 7 nitrogen and oxygen atoms in total. The number of rotatable bonds is 6. The molecular formula is C20H26N2O5. The highest BCUT2D eigenvalue weighted by atomic mass is 16.5. The molecule has 0 unspecified atom stereocenters. The Morgan fingerprint density at radius 1 is 1.22 bits per heavy atom. The van der Waals surface area contributed by atoms with Crippen LogP contribution in [-0.2, 0) is 9.59 Å². The molecule has 0 aliphatic carbocycles. The summed E-state index contributed by atoms with van der Waals surface area (Å²) in [5.74, 6) is -0.104. The second-order valence-electron chi connectivity index (χ2n) is 7.40. The van der Waals surface area contributed by atoms with Crippen molar-refractivity contribution in [1.82, 2.24) is 10.2 Å². The molecule has 1 N–H and O–H groups in total. The molecule has 0 saturated carbocycles. The van der Waals surface area contributed by atoms with Gasteiger partial charge in [-0.25, -0.2) is 4.79 Å². The number of aryl methyl sites for hydroxylation is 1. The summed E-state index contributed by atoms with van der Waals surface area (Å²) in [6.07, 6.45) is 0. The number of nitrogens with one attached hydrogen (secondary N) is 1. The van der Waals surface area contributed by atoms with E-state index in [-0.39, 0.29) is 30.5 Å². The van der Waals surface area contributed by atoms with Crippen molar-refractivity contribution in [3.05, 3.63) is 40.2 Å². The zero-order chi connectivity index (χ0) is 20.2. The summed E-state index contributed by atoms with van der Waals surface area (Å²) in [5.41, 5.74) is 0.423. The number of amides is 2. The van der Waals surface area contributed by atoms with E-state index < -0.39 is 5.63 Å². The van der Waals surface area contributed by atoms with E-state index in [2.05, 4.69) is 5.32 Å². The number of hydrogen-bond acceptors (Lipinski definition) is 5. The number of nitrogens with zero attached hydrogens (tertiary/aromatic N) is 1. The van der Waals surface area contributed by atoms with Gasteiger partial charge in [0, 0.05) is 29.6 Å². The Morgan fingerprint density at radius 3 is 2.56 bits per heavy atom. The summed E-state index contributed by atoms with van der Waals surface area (Å²) >= 11 is 0. The third-order valence-corrected chi connectivity index (χ3v) is 3.87. The predicted octanol–water partition coefficient (Wildman–Crippen LogP) is 2.24. The molecular weight excluding hydrogens is 348 g/mol. The minimum absolute atomic E-state index is 0.0260. The van der Waals surface area contributed by atoms with Crippen LogP contribution in [-0.4, -0.2) is 41.9 Å². The molecule has 0 fully saturated rings. The van der Waals surface area contributed by atoms with Crippen LogP contribution in [0.5, 0.6) is 5.75 Å². The second kappa shape index (κ2) is 8.24. The molecule has 0 bridgehead atoms. The van der Waals surface area contributed by atoms with Crippen molar-refractivity contribution in [2.24, 2.45) is 0 Å².